The summed E-state index contributed by atoms with van der Waals surface area (Å²) in [5, 5.41) is 16.5. The number of nitrogens with two attached hydrogens (primary N) is 3. The number of aryl methyl sites for hydroxylation is 3. The fraction of sp³-hybridized carbons (Fsp3) is 0.133. The molecule has 12 N–H and O–H groups in total. The zero-order chi connectivity index (χ0) is 88.1. The largest absolute Gasteiger partial charge is 0.382 e. The summed E-state index contributed by atoms with van der Waals surface area (Å²) in [6.07, 6.45) is 11.0. The van der Waals surface area contributed by atoms with Gasteiger partial charge in [0, 0.05) is 58.4 Å². The molecular weight excluding hydrogens is 1590 g/mol. The Kier molecular flexibility index (Phi) is 25.1. The average Bonchev–Trinajstić information content (AvgIpc) is 1.60. The van der Waals surface area contributed by atoms with Crippen molar-refractivity contribution in [3.63, 3.8) is 0 Å². The maximum atomic E-state index is 13.9. The summed E-state index contributed by atoms with van der Waals surface area (Å²) in [6, 6.07) is 51.1. The third-order valence-electron chi connectivity index (χ3n) is 19.2. The highest BCUT2D eigenvalue weighted by Gasteiger charge is 2.27. The SMILES string of the molecule is CC#CC(=O)Nc1cccc(-n2c(=O)n(-c3ccc(C(=O)Nc4cc(C)ccn4)cc3)c3c(N)ncnc32)c1.Cc1ccnc(NC(=O)c2ccc(-n3c(=O)n(-c4cccc(NC(=O)C#CCN(C)C)c4)c4ncnc(N)c43)cc2)c1.Cc1ccnc(NC(=O)c2ccc(-n3c(=O)n(-c4cccc(NC(=O)C#CCN(C)C5CC5)c4)c4ncnc(N)c43)cc2)c1. The fourth-order valence-electron chi connectivity index (χ4n) is 13.2. The molecule has 15 aromatic rings. The second-order valence-electron chi connectivity index (χ2n) is 28.7. The number of benzene rings is 6. The standard InChI is InChI=1S/C32H29N9O3.C30H27N9O3.C28H22N8O3/c1-20-14-15-34-26(17-20)38-31(43)21-8-10-24(11-9-21)40-28-29(33)35-19-36-30(28)41(32(40)44)25-6-3-5-22(18-25)37-27(42)7-4-16-39(2)23-12-13-23;1-19-13-14-32-24(16-19)36-29(41)20-9-11-22(12-10-20)38-26-27(31)33-18-34-28(26)39(30(38)42)23-7-4-6-21(17-23)35-25(40)8-5-15-37(2)3;1-3-5-23(37)33-19-6-4-7-21(15-19)36-26-24(25(29)31-16-32-26)35(28(36)39)20-10-8-18(9-11-20)27(38)34-22-14-17(2)12-13-30-22/h3,5-6,8-11,14-15,17-19,23H,12-13,16H2,1-2H3,(H,37,42)(H2,33,35,36)(H,34,38,43);4,6-7,9-14,16-18H,15H2,1-3H3,(H,35,40)(H2,31,33,34)(H,32,36,41);4,6-16H,1-2H3,(H,33,37)(H2,29,31,32)(H,30,34,38). The van der Waals surface area contributed by atoms with Gasteiger partial charge in [-0.2, -0.15) is 0 Å². The number of amides is 6. The molecule has 9 aromatic heterocycles. The molecule has 35 heteroatoms. The predicted molar refractivity (Wildman–Crippen MR) is 477 cm³/mol. The van der Waals surface area contributed by atoms with E-state index in [1.165, 1.54) is 59.2 Å². The number of aromatic nitrogens is 15. The van der Waals surface area contributed by atoms with Gasteiger partial charge in [0.25, 0.3) is 35.4 Å². The van der Waals surface area contributed by atoms with Gasteiger partial charge >= 0.3 is 17.1 Å². The molecular formula is C90H78N26O9. The van der Waals surface area contributed by atoms with Gasteiger partial charge in [-0.3, -0.25) is 52.3 Å². The molecule has 125 heavy (non-hydrogen) atoms. The number of fused-ring (bicyclic) bond motifs is 3. The lowest BCUT2D eigenvalue weighted by Gasteiger charge is -2.10. The monoisotopic (exact) mass is 1670 g/mol. The molecule has 0 radical (unpaired) electrons. The minimum atomic E-state index is -0.474. The van der Waals surface area contributed by atoms with Gasteiger partial charge in [0.05, 0.1) is 47.2 Å². The summed E-state index contributed by atoms with van der Waals surface area (Å²) in [7, 11) is 5.71. The van der Waals surface area contributed by atoms with Crippen molar-refractivity contribution in [3.8, 4) is 69.6 Å². The number of rotatable bonds is 18. The third-order valence-corrected chi connectivity index (χ3v) is 19.2. The van der Waals surface area contributed by atoms with Crippen LogP contribution in [0.15, 0.2) is 234 Å². The highest BCUT2D eigenvalue weighted by atomic mass is 16.2. The summed E-state index contributed by atoms with van der Waals surface area (Å²) < 4.78 is 8.29. The molecule has 1 aliphatic carbocycles. The smallest absolute Gasteiger partial charge is 0.339 e. The van der Waals surface area contributed by atoms with Crippen LogP contribution in [0, 0.1) is 56.3 Å². The summed E-state index contributed by atoms with van der Waals surface area (Å²) in [6.45, 7) is 8.25. The molecule has 35 nitrogen and oxygen atoms in total. The molecule has 1 fully saturated rings. The zero-order valence-electron chi connectivity index (χ0n) is 68.2. The Labute approximate surface area is 712 Å². The molecule has 0 atom stereocenters. The van der Waals surface area contributed by atoms with Crippen molar-refractivity contribution in [1.29, 1.82) is 0 Å². The minimum absolute atomic E-state index is 0.101. The first-order valence-corrected chi connectivity index (χ1v) is 38.6. The first-order valence-electron chi connectivity index (χ1n) is 38.6. The van der Waals surface area contributed by atoms with Crippen LogP contribution in [0.25, 0.3) is 67.6 Å². The van der Waals surface area contributed by atoms with E-state index in [0.29, 0.717) is 121 Å². The Bertz CT molecular complexity index is 7150. The van der Waals surface area contributed by atoms with Gasteiger partial charge in [-0.25, -0.2) is 72.9 Å². The summed E-state index contributed by atoms with van der Waals surface area (Å²) in [5.41, 5.74) is 27.1. The summed E-state index contributed by atoms with van der Waals surface area (Å²) in [5.74, 6) is 15.0. The number of nitrogens with zero attached hydrogens (tertiary/aromatic N) is 17. The number of hydrogen-bond acceptors (Lipinski definition) is 23. The van der Waals surface area contributed by atoms with E-state index in [1.807, 2.05) is 65.0 Å². The number of carbonyl (C=O) groups excluding carboxylic acids is 6. The van der Waals surface area contributed by atoms with Gasteiger partial charge in [0.1, 0.15) is 53.0 Å². The molecule has 1 aliphatic rings. The Morgan fingerprint density at radius 3 is 0.984 bits per heavy atom. The lowest BCUT2D eigenvalue weighted by atomic mass is 10.2. The van der Waals surface area contributed by atoms with Crippen LogP contribution in [0.5, 0.6) is 0 Å². The zero-order valence-corrected chi connectivity index (χ0v) is 68.2. The van der Waals surface area contributed by atoms with E-state index in [0.717, 1.165) is 16.7 Å². The molecule has 1 saturated carbocycles. The minimum Gasteiger partial charge on any atom is -0.382 e. The fourth-order valence-corrected chi connectivity index (χ4v) is 13.2. The molecule has 0 bridgehead atoms. The Balaban J connectivity index is 0.000000153. The van der Waals surface area contributed by atoms with E-state index in [4.69, 9.17) is 17.2 Å². The van der Waals surface area contributed by atoms with Crippen LogP contribution in [0.4, 0.5) is 52.0 Å². The van der Waals surface area contributed by atoms with Crippen molar-refractivity contribution in [2.45, 2.75) is 46.6 Å². The average molecular weight is 1670 g/mol. The van der Waals surface area contributed by atoms with Crippen molar-refractivity contribution >= 4 is 121 Å². The van der Waals surface area contributed by atoms with Crippen molar-refractivity contribution in [2.75, 3.05) is 83.3 Å². The van der Waals surface area contributed by atoms with Crippen molar-refractivity contribution in [2.24, 2.45) is 0 Å². The van der Waals surface area contributed by atoms with Gasteiger partial charge in [0.15, 0.2) is 34.4 Å². The molecule has 0 spiro atoms. The predicted octanol–water partition coefficient (Wildman–Crippen LogP) is 8.83. The third kappa shape index (κ3) is 19.5. The molecule has 9 heterocycles. The van der Waals surface area contributed by atoms with Crippen LogP contribution < -0.4 is 66.2 Å². The van der Waals surface area contributed by atoms with Gasteiger partial charge < -0.3 is 49.1 Å². The summed E-state index contributed by atoms with van der Waals surface area (Å²) >= 11 is 0. The van der Waals surface area contributed by atoms with Gasteiger partial charge in [-0.15, -0.1) is 0 Å². The molecule has 0 aliphatic heterocycles. The lowest BCUT2D eigenvalue weighted by Crippen LogP contribution is -2.22. The quantitative estimate of drug-likeness (QED) is 0.0362. The van der Waals surface area contributed by atoms with Crippen molar-refractivity contribution in [1.82, 2.24) is 82.1 Å². The van der Waals surface area contributed by atoms with E-state index in [9.17, 15) is 43.2 Å². The van der Waals surface area contributed by atoms with E-state index in [-0.39, 0.29) is 52.1 Å². The van der Waals surface area contributed by atoms with Crippen LogP contribution >= 0.6 is 0 Å². The Morgan fingerprint density at radius 2 is 0.688 bits per heavy atom. The number of carbonyl (C=O) groups is 6. The maximum absolute atomic E-state index is 13.9. The van der Waals surface area contributed by atoms with Crippen molar-refractivity contribution < 1.29 is 28.8 Å². The van der Waals surface area contributed by atoms with E-state index >= 15 is 0 Å². The molecule has 622 valence electrons. The van der Waals surface area contributed by atoms with Crippen molar-refractivity contribution in [3.05, 3.63) is 284 Å². The second-order valence-corrected chi connectivity index (χ2v) is 28.7. The molecule has 0 saturated heterocycles. The van der Waals surface area contributed by atoms with E-state index < -0.39 is 34.8 Å². The van der Waals surface area contributed by atoms with Crippen LogP contribution in [-0.2, 0) is 14.4 Å². The van der Waals surface area contributed by atoms with Gasteiger partial charge in [-0.1, -0.05) is 36.0 Å². The first-order chi connectivity index (χ1) is 60.3. The maximum Gasteiger partial charge on any atom is 0.339 e. The Hall–Kier alpha value is -17.4. The van der Waals surface area contributed by atoms with Gasteiger partial charge in [0.2, 0.25) is 0 Å². The van der Waals surface area contributed by atoms with Crippen LogP contribution in [0.1, 0.15) is 67.5 Å². The lowest BCUT2D eigenvalue weighted by molar-refractivity contribution is -0.112. The number of nitrogen functional groups attached to an aromatic ring is 3. The topological polar surface area (TPSA) is 456 Å². The number of nitrogens with one attached hydrogen (secondary N) is 6. The second kappa shape index (κ2) is 37.3. The first kappa shape index (κ1) is 84.1. The van der Waals surface area contributed by atoms with E-state index in [2.05, 4.69) is 117 Å². The highest BCUT2D eigenvalue weighted by Crippen LogP contribution is 2.30. The molecule has 6 amide bonds. The molecule has 16 rings (SSSR count). The normalized spacial score (nSPS) is 11.3. The molecule has 6 aromatic carbocycles. The highest BCUT2D eigenvalue weighted by molar-refractivity contribution is 6.07. The van der Waals surface area contributed by atoms with E-state index in [1.54, 1.807) is 189 Å². The van der Waals surface area contributed by atoms with Gasteiger partial charge in [-0.05, 0) is 260 Å². The number of hydrogen-bond donors (Lipinski definition) is 9. The molecule has 0 unspecified atom stereocenters. The number of anilines is 9. The summed E-state index contributed by atoms with van der Waals surface area (Å²) in [4.78, 5) is 158. The van der Waals surface area contributed by atoms with Crippen LogP contribution in [0.2, 0.25) is 0 Å². The van der Waals surface area contributed by atoms with Crippen LogP contribution in [0.3, 0.4) is 0 Å². The number of imidazole rings is 3. The van der Waals surface area contributed by atoms with Crippen LogP contribution in [-0.4, -0.2) is 158 Å². The number of pyridine rings is 3. The Morgan fingerprint density at radius 1 is 0.376 bits per heavy atom.